The molecule has 28 heavy (non-hydrogen) atoms. The zero-order chi connectivity index (χ0) is 21.2. The number of nitrogens with one attached hydrogen (secondary N) is 2. The quantitative estimate of drug-likeness (QED) is 0.526. The van der Waals surface area contributed by atoms with Gasteiger partial charge in [-0.3, -0.25) is 4.79 Å². The van der Waals surface area contributed by atoms with Crippen LogP contribution in [0.1, 0.15) is 33.3 Å². The molecule has 2 atom stereocenters. The summed E-state index contributed by atoms with van der Waals surface area (Å²) >= 11 is 0. The first-order valence-corrected chi connectivity index (χ1v) is 9.18. The van der Waals surface area contributed by atoms with Crippen LogP contribution in [0.5, 0.6) is 0 Å². The van der Waals surface area contributed by atoms with Gasteiger partial charge >= 0.3 is 12.1 Å². The summed E-state index contributed by atoms with van der Waals surface area (Å²) in [5.41, 5.74) is 0.353. The number of alkyl carbamates (subject to hydrolysis) is 1. The zero-order valence-corrected chi connectivity index (χ0v) is 17.2. The highest BCUT2D eigenvalue weighted by Crippen LogP contribution is 2.07. The monoisotopic (exact) mass is 390 g/mol. The summed E-state index contributed by atoms with van der Waals surface area (Å²) in [5, 5.41) is 5.30. The lowest BCUT2D eigenvalue weighted by molar-refractivity contribution is -0.145. The Labute approximate surface area is 166 Å². The first-order chi connectivity index (χ1) is 13.1. The van der Waals surface area contributed by atoms with Crippen LogP contribution in [0.2, 0.25) is 0 Å². The topological polar surface area (TPSA) is 93.7 Å². The predicted molar refractivity (Wildman–Crippen MR) is 107 cm³/mol. The molecule has 0 heterocycles. The van der Waals surface area contributed by atoms with Gasteiger partial charge in [0.1, 0.15) is 11.6 Å². The molecule has 0 aliphatic carbocycles. The SMILES string of the molecule is COC(=O)[C@H](Cc1ccccc1)NC(=O)C(C)/C=C/CNC(=O)OC(C)(C)C. The fourth-order valence-electron chi connectivity index (χ4n) is 2.30. The van der Waals surface area contributed by atoms with E-state index in [4.69, 9.17) is 9.47 Å². The van der Waals surface area contributed by atoms with Crippen LogP contribution in [0.25, 0.3) is 0 Å². The molecule has 1 unspecified atom stereocenters. The van der Waals surface area contributed by atoms with Crippen molar-refractivity contribution in [2.45, 2.75) is 45.8 Å². The number of esters is 1. The minimum Gasteiger partial charge on any atom is -0.467 e. The van der Waals surface area contributed by atoms with Crippen molar-refractivity contribution >= 4 is 18.0 Å². The number of carbonyl (C=O) groups excluding carboxylic acids is 3. The third kappa shape index (κ3) is 9.21. The van der Waals surface area contributed by atoms with Crippen LogP contribution < -0.4 is 10.6 Å². The van der Waals surface area contributed by atoms with Gasteiger partial charge < -0.3 is 20.1 Å². The number of methoxy groups -OCH3 is 1. The van der Waals surface area contributed by atoms with E-state index in [1.807, 2.05) is 30.3 Å². The molecule has 0 aliphatic rings. The predicted octanol–water partition coefficient (Wildman–Crippen LogP) is 2.60. The second kappa shape index (κ2) is 11.1. The maximum Gasteiger partial charge on any atom is 0.407 e. The molecule has 154 valence electrons. The highest BCUT2D eigenvalue weighted by molar-refractivity contribution is 5.86. The smallest absolute Gasteiger partial charge is 0.407 e. The van der Waals surface area contributed by atoms with Crippen molar-refractivity contribution in [2.24, 2.45) is 5.92 Å². The third-order valence-corrected chi connectivity index (χ3v) is 3.69. The van der Waals surface area contributed by atoms with Crippen molar-refractivity contribution in [1.82, 2.24) is 10.6 Å². The van der Waals surface area contributed by atoms with Gasteiger partial charge in [0.05, 0.1) is 13.0 Å². The van der Waals surface area contributed by atoms with Crippen LogP contribution in [-0.4, -0.2) is 43.3 Å². The standard InChI is InChI=1S/C21H30N2O5/c1-15(10-9-13-22-20(26)28-21(2,3)4)18(24)23-17(19(25)27-5)14-16-11-7-6-8-12-16/h6-12,15,17H,13-14H2,1-5H3,(H,22,26)(H,23,24)/b10-9+/t15?,17-/m0/s1. The molecule has 1 aromatic rings. The van der Waals surface area contributed by atoms with Crippen LogP contribution in [0, 0.1) is 5.92 Å². The van der Waals surface area contributed by atoms with Crippen LogP contribution >= 0.6 is 0 Å². The minimum atomic E-state index is -0.768. The van der Waals surface area contributed by atoms with Gasteiger partial charge in [-0.05, 0) is 26.3 Å². The summed E-state index contributed by atoms with van der Waals surface area (Å²) in [6.07, 6.45) is 3.14. The molecule has 1 rings (SSSR count). The number of amides is 2. The molecule has 0 saturated carbocycles. The van der Waals surface area contributed by atoms with Crippen molar-refractivity contribution < 1.29 is 23.9 Å². The second-order valence-corrected chi connectivity index (χ2v) is 7.37. The maximum atomic E-state index is 12.4. The third-order valence-electron chi connectivity index (χ3n) is 3.69. The molecular weight excluding hydrogens is 360 g/mol. The Morgan fingerprint density at radius 3 is 2.36 bits per heavy atom. The Kier molecular flexibility index (Phi) is 9.21. The number of rotatable bonds is 8. The summed E-state index contributed by atoms with van der Waals surface area (Å²) in [5.74, 6) is -1.29. The first-order valence-electron chi connectivity index (χ1n) is 9.18. The van der Waals surface area contributed by atoms with E-state index in [0.29, 0.717) is 6.42 Å². The van der Waals surface area contributed by atoms with Crippen LogP contribution in [0.4, 0.5) is 4.79 Å². The van der Waals surface area contributed by atoms with Crippen molar-refractivity contribution in [2.75, 3.05) is 13.7 Å². The lowest BCUT2D eigenvalue weighted by atomic mass is 10.0. The Hall–Kier alpha value is -2.83. The van der Waals surface area contributed by atoms with Crippen LogP contribution in [-0.2, 0) is 25.5 Å². The van der Waals surface area contributed by atoms with Crippen molar-refractivity contribution in [3.8, 4) is 0 Å². The zero-order valence-electron chi connectivity index (χ0n) is 17.2. The molecule has 0 aliphatic heterocycles. The molecule has 0 spiro atoms. The average Bonchev–Trinajstić information content (AvgIpc) is 2.63. The van der Waals surface area contributed by atoms with E-state index >= 15 is 0 Å². The molecular formula is C21H30N2O5. The molecule has 0 aromatic heterocycles. The van der Waals surface area contributed by atoms with Gasteiger partial charge in [0.15, 0.2) is 0 Å². The molecule has 2 amide bonds. The molecule has 1 aromatic carbocycles. The average molecular weight is 390 g/mol. The van der Waals surface area contributed by atoms with Gasteiger partial charge in [0, 0.05) is 13.0 Å². The highest BCUT2D eigenvalue weighted by atomic mass is 16.6. The molecule has 2 N–H and O–H groups in total. The van der Waals surface area contributed by atoms with E-state index in [-0.39, 0.29) is 12.5 Å². The summed E-state index contributed by atoms with van der Waals surface area (Å²) in [4.78, 5) is 36.0. The Bertz CT molecular complexity index is 680. The molecule has 0 bridgehead atoms. The first kappa shape index (κ1) is 23.2. The number of carbonyl (C=O) groups is 3. The van der Waals surface area contributed by atoms with Crippen LogP contribution in [0.3, 0.4) is 0 Å². The van der Waals surface area contributed by atoms with Gasteiger partial charge in [-0.1, -0.05) is 49.4 Å². The van der Waals surface area contributed by atoms with Crippen molar-refractivity contribution in [3.63, 3.8) is 0 Å². The minimum absolute atomic E-state index is 0.233. The fourth-order valence-corrected chi connectivity index (χ4v) is 2.30. The van der Waals surface area contributed by atoms with Crippen molar-refractivity contribution in [3.05, 3.63) is 48.0 Å². The Morgan fingerprint density at radius 1 is 1.14 bits per heavy atom. The molecule has 0 fully saturated rings. The molecule has 0 saturated heterocycles. The summed E-state index contributed by atoms with van der Waals surface area (Å²) in [7, 11) is 1.29. The molecule has 7 heteroatoms. The number of hydrogen-bond donors (Lipinski definition) is 2. The van der Waals surface area contributed by atoms with Gasteiger partial charge in [-0.15, -0.1) is 0 Å². The van der Waals surface area contributed by atoms with E-state index in [0.717, 1.165) is 5.56 Å². The van der Waals surface area contributed by atoms with E-state index in [9.17, 15) is 14.4 Å². The summed E-state index contributed by atoms with van der Waals surface area (Å²) < 4.78 is 9.92. The lowest BCUT2D eigenvalue weighted by Crippen LogP contribution is -2.44. The lowest BCUT2D eigenvalue weighted by Gasteiger charge is -2.19. The normalized spacial score (nSPS) is 13.5. The van der Waals surface area contributed by atoms with Gasteiger partial charge in [-0.25, -0.2) is 9.59 Å². The number of hydrogen-bond acceptors (Lipinski definition) is 5. The Morgan fingerprint density at radius 2 is 1.79 bits per heavy atom. The van der Waals surface area contributed by atoms with Gasteiger partial charge in [0.25, 0.3) is 0 Å². The maximum absolute atomic E-state index is 12.4. The number of ether oxygens (including phenoxy) is 2. The van der Waals surface area contributed by atoms with E-state index in [1.54, 1.807) is 39.8 Å². The number of benzene rings is 1. The van der Waals surface area contributed by atoms with E-state index in [1.165, 1.54) is 7.11 Å². The second-order valence-electron chi connectivity index (χ2n) is 7.37. The Balaban J connectivity index is 2.55. The van der Waals surface area contributed by atoms with Crippen molar-refractivity contribution in [1.29, 1.82) is 0 Å². The van der Waals surface area contributed by atoms with Crippen LogP contribution in [0.15, 0.2) is 42.5 Å². The van der Waals surface area contributed by atoms with Gasteiger partial charge in [0.2, 0.25) is 5.91 Å². The van der Waals surface area contributed by atoms with E-state index in [2.05, 4.69) is 10.6 Å². The van der Waals surface area contributed by atoms with Gasteiger partial charge in [-0.2, -0.15) is 0 Å². The van der Waals surface area contributed by atoms with E-state index < -0.39 is 29.6 Å². The summed E-state index contributed by atoms with van der Waals surface area (Å²) in [6.45, 7) is 7.28. The largest absolute Gasteiger partial charge is 0.467 e. The molecule has 0 radical (unpaired) electrons. The summed E-state index contributed by atoms with van der Waals surface area (Å²) in [6, 6.07) is 8.62. The fraction of sp³-hybridized carbons (Fsp3) is 0.476. The highest BCUT2D eigenvalue weighted by Gasteiger charge is 2.23. The molecule has 7 nitrogen and oxygen atoms in total.